The molecule has 0 radical (unpaired) electrons. The summed E-state index contributed by atoms with van der Waals surface area (Å²) in [6, 6.07) is 19.1. The molecule has 2 aromatic rings. The summed E-state index contributed by atoms with van der Waals surface area (Å²) in [4.78, 5) is 26.1. The Hall–Kier alpha value is -2.66. The van der Waals surface area contributed by atoms with Crippen LogP contribution in [0.15, 0.2) is 60.7 Å². The zero-order valence-corrected chi connectivity index (χ0v) is 13.7. The number of carbonyl (C=O) groups excluding carboxylic acids is 2. The molecule has 24 heavy (non-hydrogen) atoms. The molecule has 2 aromatic carbocycles. The predicted molar refractivity (Wildman–Crippen MR) is 91.8 cm³/mol. The van der Waals surface area contributed by atoms with E-state index in [-0.39, 0.29) is 6.54 Å². The van der Waals surface area contributed by atoms with Crippen molar-refractivity contribution in [3.63, 3.8) is 0 Å². The molecule has 0 heterocycles. The van der Waals surface area contributed by atoms with Crippen LogP contribution in [0, 0.1) is 0 Å². The minimum Gasteiger partial charge on any atom is -0.392 e. The lowest BCUT2D eigenvalue weighted by Gasteiger charge is -2.22. The molecule has 1 atom stereocenters. The molecular formula is C19H22N2O3. The second-order valence-corrected chi connectivity index (χ2v) is 5.69. The van der Waals surface area contributed by atoms with Gasteiger partial charge in [0.25, 0.3) is 0 Å². The highest BCUT2D eigenvalue weighted by atomic mass is 16.3. The van der Waals surface area contributed by atoms with Crippen LogP contribution in [0.25, 0.3) is 0 Å². The van der Waals surface area contributed by atoms with Crippen molar-refractivity contribution in [3.8, 4) is 0 Å². The highest BCUT2D eigenvalue weighted by Gasteiger charge is 2.22. The van der Waals surface area contributed by atoms with Crippen molar-refractivity contribution in [1.82, 2.24) is 10.2 Å². The molecule has 0 aromatic heterocycles. The van der Waals surface area contributed by atoms with E-state index >= 15 is 0 Å². The van der Waals surface area contributed by atoms with E-state index in [2.05, 4.69) is 5.32 Å². The fourth-order valence-corrected chi connectivity index (χ4v) is 2.27. The molecule has 5 nitrogen and oxygen atoms in total. The Bertz CT molecular complexity index is 615. The average Bonchev–Trinajstić information content (AvgIpc) is 2.60. The first-order chi connectivity index (χ1) is 11.6. The normalized spacial score (nSPS) is 11.6. The Morgan fingerprint density at radius 3 is 1.83 bits per heavy atom. The molecule has 0 aliphatic heterocycles. The third-order valence-corrected chi connectivity index (χ3v) is 3.47. The summed E-state index contributed by atoms with van der Waals surface area (Å²) in [7, 11) is 0. The first-order valence-electron chi connectivity index (χ1n) is 7.89. The zero-order chi connectivity index (χ0) is 17.4. The molecule has 5 heteroatoms. The largest absolute Gasteiger partial charge is 0.392 e. The third-order valence-electron chi connectivity index (χ3n) is 3.47. The van der Waals surface area contributed by atoms with Gasteiger partial charge in [0.1, 0.15) is 0 Å². The van der Waals surface area contributed by atoms with E-state index in [4.69, 9.17) is 0 Å². The van der Waals surface area contributed by atoms with Gasteiger partial charge in [-0.25, -0.2) is 0 Å². The molecule has 2 rings (SSSR count). The molecule has 2 amide bonds. The fraction of sp³-hybridized carbons (Fsp3) is 0.263. The van der Waals surface area contributed by atoms with Crippen LogP contribution in [0.5, 0.6) is 0 Å². The van der Waals surface area contributed by atoms with E-state index in [1.807, 2.05) is 60.7 Å². The van der Waals surface area contributed by atoms with Crippen LogP contribution >= 0.6 is 0 Å². The van der Waals surface area contributed by atoms with E-state index in [9.17, 15) is 14.7 Å². The fourth-order valence-electron chi connectivity index (χ4n) is 2.27. The van der Waals surface area contributed by atoms with Gasteiger partial charge in [-0.2, -0.15) is 0 Å². The lowest BCUT2D eigenvalue weighted by atomic mass is 10.1. The number of aliphatic hydroxyl groups is 1. The lowest BCUT2D eigenvalue weighted by Crippen LogP contribution is -2.44. The van der Waals surface area contributed by atoms with Crippen LogP contribution in [-0.4, -0.2) is 34.5 Å². The maximum absolute atomic E-state index is 12.5. The average molecular weight is 326 g/mol. The summed E-state index contributed by atoms with van der Waals surface area (Å²) < 4.78 is 0. The van der Waals surface area contributed by atoms with Crippen molar-refractivity contribution in [2.75, 3.05) is 6.54 Å². The number of rotatable bonds is 6. The van der Waals surface area contributed by atoms with Gasteiger partial charge in [-0.1, -0.05) is 60.7 Å². The van der Waals surface area contributed by atoms with E-state index < -0.39 is 17.9 Å². The highest BCUT2D eigenvalue weighted by Crippen LogP contribution is 2.10. The van der Waals surface area contributed by atoms with Crippen molar-refractivity contribution >= 4 is 11.8 Å². The maximum atomic E-state index is 12.5. The van der Waals surface area contributed by atoms with Crippen LogP contribution in [0.1, 0.15) is 18.1 Å². The number of hydrogen-bond donors (Lipinski definition) is 2. The van der Waals surface area contributed by atoms with Crippen molar-refractivity contribution < 1.29 is 14.7 Å². The lowest BCUT2D eigenvalue weighted by molar-refractivity contribution is -0.146. The smallest absolute Gasteiger partial charge is 0.312 e. The zero-order valence-electron chi connectivity index (χ0n) is 13.7. The van der Waals surface area contributed by atoms with Gasteiger partial charge in [-0.3, -0.25) is 9.59 Å². The van der Waals surface area contributed by atoms with Gasteiger partial charge in [0, 0.05) is 19.6 Å². The van der Waals surface area contributed by atoms with E-state index in [1.165, 1.54) is 4.90 Å². The van der Waals surface area contributed by atoms with Crippen LogP contribution in [0.3, 0.4) is 0 Å². The summed E-state index contributed by atoms with van der Waals surface area (Å²) in [6.45, 7) is 2.29. The summed E-state index contributed by atoms with van der Waals surface area (Å²) in [6.07, 6.45) is -0.696. The molecule has 0 spiro atoms. The molecule has 0 saturated carbocycles. The predicted octanol–water partition coefficient (Wildman–Crippen LogP) is 1.71. The number of hydrogen-bond acceptors (Lipinski definition) is 3. The number of amides is 2. The first-order valence-corrected chi connectivity index (χ1v) is 7.89. The number of aliphatic hydroxyl groups excluding tert-OH is 1. The molecule has 126 valence electrons. The van der Waals surface area contributed by atoms with Crippen LogP contribution in [0.4, 0.5) is 0 Å². The van der Waals surface area contributed by atoms with Crippen LogP contribution < -0.4 is 5.32 Å². The Morgan fingerprint density at radius 2 is 1.42 bits per heavy atom. The molecule has 0 aliphatic carbocycles. The van der Waals surface area contributed by atoms with E-state index in [0.717, 1.165) is 11.1 Å². The summed E-state index contributed by atoms with van der Waals surface area (Å²) in [5, 5.41) is 11.7. The first kappa shape index (κ1) is 17.7. The van der Waals surface area contributed by atoms with Crippen molar-refractivity contribution in [2.45, 2.75) is 26.1 Å². The quantitative estimate of drug-likeness (QED) is 0.794. The number of nitrogens with zero attached hydrogens (tertiary/aromatic N) is 1. The summed E-state index contributed by atoms with van der Waals surface area (Å²) >= 11 is 0. The number of benzene rings is 2. The van der Waals surface area contributed by atoms with Gasteiger partial charge in [0.2, 0.25) is 0 Å². The van der Waals surface area contributed by atoms with Crippen LogP contribution in [0.2, 0.25) is 0 Å². The molecule has 0 saturated heterocycles. The highest BCUT2D eigenvalue weighted by molar-refractivity contribution is 6.34. The van der Waals surface area contributed by atoms with Gasteiger partial charge in [0.05, 0.1) is 6.10 Å². The summed E-state index contributed by atoms with van der Waals surface area (Å²) in [5.41, 5.74) is 1.90. The van der Waals surface area contributed by atoms with Gasteiger partial charge in [-0.05, 0) is 18.1 Å². The number of nitrogens with one attached hydrogen (secondary N) is 1. The Balaban J connectivity index is 2.12. The topological polar surface area (TPSA) is 69.6 Å². The van der Waals surface area contributed by atoms with Crippen molar-refractivity contribution in [1.29, 1.82) is 0 Å². The summed E-state index contributed by atoms with van der Waals surface area (Å²) in [5.74, 6) is -1.31. The minimum atomic E-state index is -0.706. The van der Waals surface area contributed by atoms with Gasteiger partial charge in [-0.15, -0.1) is 0 Å². The van der Waals surface area contributed by atoms with Gasteiger partial charge in [0.15, 0.2) is 0 Å². The molecule has 1 unspecified atom stereocenters. The van der Waals surface area contributed by atoms with E-state index in [1.54, 1.807) is 6.92 Å². The molecule has 0 fully saturated rings. The SMILES string of the molecule is CC(O)CNC(=O)C(=O)N(Cc1ccccc1)Cc1ccccc1. The monoisotopic (exact) mass is 326 g/mol. The Labute approximate surface area is 141 Å². The third kappa shape index (κ3) is 5.52. The standard InChI is InChI=1S/C19H22N2O3/c1-15(22)12-20-18(23)19(24)21(13-16-8-4-2-5-9-16)14-17-10-6-3-7-11-17/h2-11,15,22H,12-14H2,1H3,(H,20,23). The molecular weight excluding hydrogens is 304 g/mol. The van der Waals surface area contributed by atoms with Crippen molar-refractivity contribution in [3.05, 3.63) is 71.8 Å². The van der Waals surface area contributed by atoms with Crippen molar-refractivity contribution in [2.24, 2.45) is 0 Å². The Kier molecular flexibility index (Phi) is 6.51. The number of carbonyl (C=O) groups is 2. The molecule has 0 aliphatic rings. The van der Waals surface area contributed by atoms with Gasteiger partial charge < -0.3 is 15.3 Å². The van der Waals surface area contributed by atoms with Gasteiger partial charge >= 0.3 is 11.8 Å². The molecule has 0 bridgehead atoms. The Morgan fingerprint density at radius 1 is 0.958 bits per heavy atom. The second-order valence-electron chi connectivity index (χ2n) is 5.69. The van der Waals surface area contributed by atoms with Crippen LogP contribution in [-0.2, 0) is 22.7 Å². The van der Waals surface area contributed by atoms with E-state index in [0.29, 0.717) is 13.1 Å². The second kappa shape index (κ2) is 8.84. The maximum Gasteiger partial charge on any atom is 0.312 e. The molecule has 2 N–H and O–H groups in total. The minimum absolute atomic E-state index is 0.0507.